The van der Waals surface area contributed by atoms with Gasteiger partial charge in [-0.2, -0.15) is 5.10 Å². The van der Waals surface area contributed by atoms with Crippen molar-refractivity contribution in [2.75, 3.05) is 6.26 Å². The summed E-state index contributed by atoms with van der Waals surface area (Å²) in [5, 5.41) is 5.97. The van der Waals surface area contributed by atoms with Gasteiger partial charge >= 0.3 is 0 Å². The summed E-state index contributed by atoms with van der Waals surface area (Å²) in [4.78, 5) is 8.43. The van der Waals surface area contributed by atoms with Crippen molar-refractivity contribution in [3.63, 3.8) is 0 Å². The first-order chi connectivity index (χ1) is 8.02. The van der Waals surface area contributed by atoms with Crippen LogP contribution in [0.3, 0.4) is 0 Å². The van der Waals surface area contributed by atoms with Crippen LogP contribution in [0.25, 0.3) is 5.82 Å². The Bertz CT molecular complexity index is 568. The average molecular weight is 289 g/mol. The fourth-order valence-electron chi connectivity index (χ4n) is 1.43. The Kier molecular flexibility index (Phi) is 3.61. The third-order valence-electron chi connectivity index (χ3n) is 2.26. The predicted molar refractivity (Wildman–Crippen MR) is 70.4 cm³/mol. The van der Waals surface area contributed by atoms with Crippen LogP contribution in [0.1, 0.15) is 11.4 Å². The summed E-state index contributed by atoms with van der Waals surface area (Å²) < 4.78 is 1.67. The second-order valence-electron chi connectivity index (χ2n) is 3.43. The number of halogens is 2. The first-order valence-corrected chi connectivity index (χ1v) is 6.81. The highest BCUT2D eigenvalue weighted by molar-refractivity contribution is 7.98. The van der Waals surface area contributed by atoms with Crippen LogP contribution in [-0.2, 0) is 0 Å². The molecule has 0 unspecified atom stereocenters. The van der Waals surface area contributed by atoms with E-state index in [-0.39, 0.29) is 0 Å². The topological polar surface area (TPSA) is 43.6 Å². The van der Waals surface area contributed by atoms with E-state index in [9.17, 15) is 0 Å². The number of hydrogen-bond acceptors (Lipinski definition) is 4. The van der Waals surface area contributed by atoms with Crippen LogP contribution in [0.15, 0.2) is 11.2 Å². The third-order valence-corrected chi connectivity index (χ3v) is 3.55. The minimum atomic E-state index is 0.392. The molecule has 90 valence electrons. The summed E-state index contributed by atoms with van der Waals surface area (Å²) in [6, 6.07) is 1.66. The Morgan fingerprint density at radius 1 is 1.24 bits per heavy atom. The molecule has 0 spiro atoms. The quantitative estimate of drug-likeness (QED) is 0.483. The number of aryl methyl sites for hydroxylation is 1. The van der Waals surface area contributed by atoms with Crippen LogP contribution in [-0.4, -0.2) is 26.0 Å². The van der Waals surface area contributed by atoms with E-state index < -0.39 is 0 Å². The van der Waals surface area contributed by atoms with E-state index >= 15 is 0 Å². The summed E-state index contributed by atoms with van der Waals surface area (Å²) in [6.45, 7) is 3.74. The zero-order chi connectivity index (χ0) is 12.6. The Balaban J connectivity index is 2.59. The molecule has 2 heterocycles. The smallest absolute Gasteiger partial charge is 0.190 e. The molecule has 0 bridgehead atoms. The van der Waals surface area contributed by atoms with Crippen molar-refractivity contribution in [3.05, 3.63) is 27.6 Å². The standard InChI is InChI=1S/C10H10Cl2N4S/c1-5-9(12)6(2)16(15-5)8-4-7(11)13-10(14-8)17-3/h4H,1-3H3. The predicted octanol–water partition coefficient (Wildman–Crippen LogP) is 3.31. The van der Waals surface area contributed by atoms with Crippen LogP contribution >= 0.6 is 35.0 Å². The second-order valence-corrected chi connectivity index (χ2v) is 4.97. The molecule has 2 aromatic rings. The van der Waals surface area contributed by atoms with Gasteiger partial charge in [0.05, 0.1) is 16.4 Å². The van der Waals surface area contributed by atoms with Gasteiger partial charge < -0.3 is 0 Å². The van der Waals surface area contributed by atoms with E-state index in [0.29, 0.717) is 21.2 Å². The van der Waals surface area contributed by atoms with Crippen molar-refractivity contribution >= 4 is 35.0 Å². The molecule has 0 aliphatic rings. The first-order valence-electron chi connectivity index (χ1n) is 4.83. The van der Waals surface area contributed by atoms with Crippen LogP contribution in [0, 0.1) is 13.8 Å². The lowest BCUT2D eigenvalue weighted by Crippen LogP contribution is -2.03. The van der Waals surface area contributed by atoms with Crippen LogP contribution in [0.5, 0.6) is 0 Å². The second kappa shape index (κ2) is 4.84. The first kappa shape index (κ1) is 12.7. The molecule has 2 aromatic heterocycles. The number of aromatic nitrogens is 4. The molecule has 0 fully saturated rings. The maximum absolute atomic E-state index is 6.10. The van der Waals surface area contributed by atoms with Crippen LogP contribution in [0.2, 0.25) is 10.2 Å². The summed E-state index contributed by atoms with van der Waals surface area (Å²) in [5.74, 6) is 0.627. The van der Waals surface area contributed by atoms with Crippen LogP contribution in [0.4, 0.5) is 0 Å². The normalized spacial score (nSPS) is 10.9. The highest BCUT2D eigenvalue weighted by Gasteiger charge is 2.13. The molecular weight excluding hydrogens is 279 g/mol. The van der Waals surface area contributed by atoms with Crippen molar-refractivity contribution in [2.24, 2.45) is 0 Å². The van der Waals surface area contributed by atoms with E-state index in [1.165, 1.54) is 11.8 Å². The number of nitrogens with zero attached hydrogens (tertiary/aromatic N) is 4. The zero-order valence-corrected chi connectivity index (χ0v) is 11.9. The van der Waals surface area contributed by atoms with Crippen molar-refractivity contribution in [1.29, 1.82) is 0 Å². The van der Waals surface area contributed by atoms with Crippen molar-refractivity contribution in [1.82, 2.24) is 19.7 Å². The number of rotatable bonds is 2. The van der Waals surface area contributed by atoms with Crippen molar-refractivity contribution < 1.29 is 0 Å². The molecule has 7 heteroatoms. The summed E-state index contributed by atoms with van der Waals surface area (Å²) in [6.07, 6.45) is 1.89. The van der Waals surface area contributed by atoms with E-state index in [1.54, 1.807) is 10.7 Å². The lowest BCUT2D eigenvalue weighted by Gasteiger charge is -2.05. The monoisotopic (exact) mass is 288 g/mol. The highest BCUT2D eigenvalue weighted by atomic mass is 35.5. The van der Waals surface area contributed by atoms with Gasteiger partial charge in [0, 0.05) is 6.07 Å². The Labute approximate surface area is 113 Å². The molecule has 2 rings (SSSR count). The van der Waals surface area contributed by atoms with Crippen molar-refractivity contribution in [2.45, 2.75) is 19.0 Å². The van der Waals surface area contributed by atoms with Crippen LogP contribution < -0.4 is 0 Å². The minimum absolute atomic E-state index is 0.392. The fourth-order valence-corrected chi connectivity index (χ4v) is 2.15. The van der Waals surface area contributed by atoms with Gasteiger partial charge in [-0.1, -0.05) is 35.0 Å². The average Bonchev–Trinajstić information content (AvgIpc) is 2.56. The minimum Gasteiger partial charge on any atom is -0.218 e. The van der Waals surface area contributed by atoms with Gasteiger partial charge in [0.1, 0.15) is 5.15 Å². The van der Waals surface area contributed by atoms with E-state index in [0.717, 1.165) is 11.4 Å². The lowest BCUT2D eigenvalue weighted by atomic mass is 10.4. The number of hydrogen-bond donors (Lipinski definition) is 0. The summed E-state index contributed by atoms with van der Waals surface area (Å²) >= 11 is 13.5. The maximum atomic E-state index is 6.10. The largest absolute Gasteiger partial charge is 0.218 e. The SMILES string of the molecule is CSc1nc(Cl)cc(-n2nc(C)c(Cl)c2C)n1. The van der Waals surface area contributed by atoms with Gasteiger partial charge in [-0.25, -0.2) is 14.6 Å². The molecule has 17 heavy (non-hydrogen) atoms. The molecule has 0 aliphatic carbocycles. The Morgan fingerprint density at radius 3 is 2.47 bits per heavy atom. The van der Waals surface area contributed by atoms with E-state index in [1.807, 2.05) is 20.1 Å². The van der Waals surface area contributed by atoms with E-state index in [4.69, 9.17) is 23.2 Å². The Morgan fingerprint density at radius 2 is 1.94 bits per heavy atom. The third kappa shape index (κ3) is 2.41. The fraction of sp³-hybridized carbons (Fsp3) is 0.300. The maximum Gasteiger partial charge on any atom is 0.190 e. The van der Waals surface area contributed by atoms with Gasteiger partial charge in [-0.3, -0.25) is 0 Å². The molecule has 0 radical (unpaired) electrons. The van der Waals surface area contributed by atoms with Gasteiger partial charge in [0.25, 0.3) is 0 Å². The van der Waals surface area contributed by atoms with Gasteiger partial charge in [0.15, 0.2) is 11.0 Å². The molecule has 0 amide bonds. The van der Waals surface area contributed by atoms with E-state index in [2.05, 4.69) is 15.1 Å². The molecule has 4 nitrogen and oxygen atoms in total. The highest BCUT2D eigenvalue weighted by Crippen LogP contribution is 2.23. The molecule has 0 atom stereocenters. The van der Waals surface area contributed by atoms with Gasteiger partial charge in [0.2, 0.25) is 0 Å². The summed E-state index contributed by atoms with van der Waals surface area (Å²) in [5.41, 5.74) is 1.61. The summed E-state index contributed by atoms with van der Waals surface area (Å²) in [7, 11) is 0. The molecule has 0 saturated heterocycles. The number of thioether (sulfide) groups is 1. The lowest BCUT2D eigenvalue weighted by molar-refractivity contribution is 0.777. The zero-order valence-electron chi connectivity index (χ0n) is 9.53. The molecule has 0 aromatic carbocycles. The van der Waals surface area contributed by atoms with Gasteiger partial charge in [-0.15, -0.1) is 0 Å². The molecule has 0 aliphatic heterocycles. The molecular formula is C10H10Cl2N4S. The van der Waals surface area contributed by atoms with Gasteiger partial charge in [-0.05, 0) is 20.1 Å². The van der Waals surface area contributed by atoms with Crippen molar-refractivity contribution in [3.8, 4) is 5.82 Å². The molecule has 0 N–H and O–H groups in total. The molecule has 0 saturated carbocycles. The Hall–Kier alpha value is -0.780.